The second-order valence-electron chi connectivity index (χ2n) is 4.58. The summed E-state index contributed by atoms with van der Waals surface area (Å²) in [6.45, 7) is 5.54. The molecular weight excluding hydrogens is 304 g/mol. The molecule has 0 aliphatic heterocycles. The van der Waals surface area contributed by atoms with Crippen molar-refractivity contribution in [3.8, 4) is 0 Å². The highest BCUT2D eigenvalue weighted by Crippen LogP contribution is 2.23. The summed E-state index contributed by atoms with van der Waals surface area (Å²) < 4.78 is 2.97. The van der Waals surface area contributed by atoms with E-state index in [0.717, 1.165) is 22.3 Å². The van der Waals surface area contributed by atoms with Gasteiger partial charge in [-0.25, -0.2) is 0 Å². The van der Waals surface area contributed by atoms with Crippen LogP contribution in [-0.4, -0.2) is 16.3 Å². The third kappa shape index (κ3) is 3.58. The molecule has 19 heavy (non-hydrogen) atoms. The first-order chi connectivity index (χ1) is 9.12. The molecule has 0 bridgehead atoms. The molecule has 1 aromatic carbocycles. The Balaban J connectivity index is 2.18. The van der Waals surface area contributed by atoms with Crippen molar-refractivity contribution in [2.24, 2.45) is 5.73 Å². The van der Waals surface area contributed by atoms with Crippen molar-refractivity contribution in [3.05, 3.63) is 46.2 Å². The summed E-state index contributed by atoms with van der Waals surface area (Å²) in [6.07, 6.45) is 3.91. The maximum Gasteiger partial charge on any atom is 0.0667 e. The lowest BCUT2D eigenvalue weighted by molar-refractivity contribution is 0.658. The molecule has 1 atom stereocenters. The molecule has 0 saturated carbocycles. The maximum atomic E-state index is 5.87. The fraction of sp³-hybridized carbons (Fsp3) is 0.357. The van der Waals surface area contributed by atoms with E-state index in [4.69, 9.17) is 5.73 Å². The minimum atomic E-state index is 0.0778. The number of halogens is 1. The normalized spacial score (nSPS) is 12.4. The molecular formula is C14H19BrN4. The van der Waals surface area contributed by atoms with Crippen LogP contribution in [0.3, 0.4) is 0 Å². The Kier molecular flexibility index (Phi) is 4.61. The van der Waals surface area contributed by atoms with Crippen LogP contribution in [0.2, 0.25) is 0 Å². The zero-order chi connectivity index (χ0) is 13.8. The summed E-state index contributed by atoms with van der Waals surface area (Å²) in [5.41, 5.74) is 9.25. The largest absolute Gasteiger partial charge is 0.377 e. The Morgan fingerprint density at radius 2 is 2.21 bits per heavy atom. The van der Waals surface area contributed by atoms with Crippen molar-refractivity contribution in [1.82, 2.24) is 9.78 Å². The molecule has 0 aliphatic carbocycles. The van der Waals surface area contributed by atoms with Gasteiger partial charge in [0, 0.05) is 35.0 Å². The first-order valence-electron chi connectivity index (χ1n) is 6.38. The molecule has 1 unspecified atom stereocenters. The average Bonchev–Trinajstić information content (AvgIpc) is 2.83. The SMILES string of the molecule is CCn1cc(C(CN)Nc2cc(C)cc(Br)c2)cn1. The number of nitrogens with zero attached hydrogens (tertiary/aromatic N) is 2. The van der Waals surface area contributed by atoms with Gasteiger partial charge in [-0.3, -0.25) is 4.68 Å². The van der Waals surface area contributed by atoms with Crippen molar-refractivity contribution in [3.63, 3.8) is 0 Å². The van der Waals surface area contributed by atoms with E-state index >= 15 is 0 Å². The summed E-state index contributed by atoms with van der Waals surface area (Å²) in [7, 11) is 0. The molecule has 4 nitrogen and oxygen atoms in total. The molecule has 3 N–H and O–H groups in total. The quantitative estimate of drug-likeness (QED) is 0.889. The van der Waals surface area contributed by atoms with Crippen LogP contribution >= 0.6 is 15.9 Å². The molecule has 0 spiro atoms. The van der Waals surface area contributed by atoms with E-state index < -0.39 is 0 Å². The van der Waals surface area contributed by atoms with Gasteiger partial charge in [0.15, 0.2) is 0 Å². The molecule has 0 saturated heterocycles. The zero-order valence-corrected chi connectivity index (χ0v) is 12.8. The lowest BCUT2D eigenvalue weighted by Crippen LogP contribution is -2.20. The highest BCUT2D eigenvalue weighted by atomic mass is 79.9. The van der Waals surface area contributed by atoms with Crippen LogP contribution in [-0.2, 0) is 6.54 Å². The Morgan fingerprint density at radius 3 is 2.79 bits per heavy atom. The highest BCUT2D eigenvalue weighted by molar-refractivity contribution is 9.10. The lowest BCUT2D eigenvalue weighted by Gasteiger charge is -2.17. The molecule has 5 heteroatoms. The number of nitrogens with one attached hydrogen (secondary N) is 1. The minimum absolute atomic E-state index is 0.0778. The van der Waals surface area contributed by atoms with Gasteiger partial charge in [-0.2, -0.15) is 5.10 Å². The first kappa shape index (κ1) is 14.1. The average molecular weight is 323 g/mol. The number of nitrogens with two attached hydrogens (primary N) is 1. The molecule has 2 aromatic rings. The lowest BCUT2D eigenvalue weighted by atomic mass is 10.1. The molecule has 0 fully saturated rings. The highest BCUT2D eigenvalue weighted by Gasteiger charge is 2.12. The van der Waals surface area contributed by atoms with Crippen molar-refractivity contribution in [2.75, 3.05) is 11.9 Å². The van der Waals surface area contributed by atoms with Gasteiger partial charge in [0.1, 0.15) is 0 Å². The predicted molar refractivity (Wildman–Crippen MR) is 82.2 cm³/mol. The van der Waals surface area contributed by atoms with Crippen LogP contribution in [0.4, 0.5) is 5.69 Å². The van der Waals surface area contributed by atoms with E-state index in [1.807, 2.05) is 17.1 Å². The van der Waals surface area contributed by atoms with Gasteiger partial charge in [0.05, 0.1) is 12.2 Å². The maximum absolute atomic E-state index is 5.87. The smallest absolute Gasteiger partial charge is 0.0667 e. The van der Waals surface area contributed by atoms with E-state index in [1.165, 1.54) is 5.56 Å². The molecule has 1 aromatic heterocycles. The van der Waals surface area contributed by atoms with E-state index in [2.05, 4.69) is 58.4 Å². The molecule has 0 amide bonds. The molecule has 0 aliphatic rings. The zero-order valence-electron chi connectivity index (χ0n) is 11.2. The van der Waals surface area contributed by atoms with Crippen molar-refractivity contribution < 1.29 is 0 Å². The van der Waals surface area contributed by atoms with E-state index in [9.17, 15) is 0 Å². The molecule has 102 valence electrons. The number of aryl methyl sites for hydroxylation is 2. The van der Waals surface area contributed by atoms with Crippen LogP contribution in [0.5, 0.6) is 0 Å². The second-order valence-corrected chi connectivity index (χ2v) is 5.49. The fourth-order valence-corrected chi connectivity index (χ4v) is 2.64. The summed E-state index contributed by atoms with van der Waals surface area (Å²) >= 11 is 3.51. The van der Waals surface area contributed by atoms with Gasteiger partial charge in [-0.1, -0.05) is 15.9 Å². The number of anilines is 1. The Morgan fingerprint density at radius 1 is 1.42 bits per heavy atom. The fourth-order valence-electron chi connectivity index (χ4n) is 2.03. The van der Waals surface area contributed by atoms with Gasteiger partial charge in [0.25, 0.3) is 0 Å². The summed E-state index contributed by atoms with van der Waals surface area (Å²) in [6, 6.07) is 6.32. The number of hydrogen-bond donors (Lipinski definition) is 2. The van der Waals surface area contributed by atoms with Crippen LogP contribution in [0, 0.1) is 6.92 Å². The molecule has 0 radical (unpaired) electrons. The first-order valence-corrected chi connectivity index (χ1v) is 7.17. The van der Waals surface area contributed by atoms with Crippen molar-refractivity contribution in [1.29, 1.82) is 0 Å². The van der Waals surface area contributed by atoms with E-state index in [0.29, 0.717) is 6.54 Å². The van der Waals surface area contributed by atoms with Gasteiger partial charge in [0.2, 0.25) is 0 Å². The van der Waals surface area contributed by atoms with Gasteiger partial charge in [-0.05, 0) is 37.6 Å². The van der Waals surface area contributed by atoms with Crippen LogP contribution < -0.4 is 11.1 Å². The van der Waals surface area contributed by atoms with Crippen molar-refractivity contribution >= 4 is 21.6 Å². The monoisotopic (exact) mass is 322 g/mol. The van der Waals surface area contributed by atoms with E-state index in [1.54, 1.807) is 0 Å². The number of hydrogen-bond acceptors (Lipinski definition) is 3. The third-order valence-corrected chi connectivity index (χ3v) is 3.46. The number of benzene rings is 1. The standard InChI is InChI=1S/C14H19BrN4/c1-3-19-9-11(8-17-19)14(7-16)18-13-5-10(2)4-12(15)6-13/h4-6,8-9,14,18H,3,7,16H2,1-2H3. The third-order valence-electron chi connectivity index (χ3n) is 3.00. The number of aromatic nitrogens is 2. The van der Waals surface area contributed by atoms with Crippen molar-refractivity contribution in [2.45, 2.75) is 26.4 Å². The van der Waals surface area contributed by atoms with Gasteiger partial charge in [-0.15, -0.1) is 0 Å². The predicted octanol–water partition coefficient (Wildman–Crippen LogP) is 3.09. The minimum Gasteiger partial charge on any atom is -0.377 e. The summed E-state index contributed by atoms with van der Waals surface area (Å²) in [4.78, 5) is 0. The van der Waals surface area contributed by atoms with Gasteiger partial charge < -0.3 is 11.1 Å². The molecule has 1 heterocycles. The Hall–Kier alpha value is -1.33. The van der Waals surface area contributed by atoms with Crippen LogP contribution in [0.15, 0.2) is 35.1 Å². The van der Waals surface area contributed by atoms with E-state index in [-0.39, 0.29) is 6.04 Å². The van der Waals surface area contributed by atoms with Crippen LogP contribution in [0.1, 0.15) is 24.1 Å². The van der Waals surface area contributed by atoms with Gasteiger partial charge >= 0.3 is 0 Å². The van der Waals surface area contributed by atoms with Crippen LogP contribution in [0.25, 0.3) is 0 Å². The summed E-state index contributed by atoms with van der Waals surface area (Å²) in [5, 5.41) is 7.75. The molecule has 2 rings (SSSR count). The second kappa shape index (κ2) is 6.21. The topological polar surface area (TPSA) is 55.9 Å². The Bertz CT molecular complexity index is 530. The Labute approximate surface area is 122 Å². The summed E-state index contributed by atoms with van der Waals surface area (Å²) in [5.74, 6) is 0. The number of rotatable bonds is 5.